The Morgan fingerprint density at radius 1 is 1.32 bits per heavy atom. The predicted molar refractivity (Wildman–Crippen MR) is 140 cm³/mol. The molecule has 0 aliphatic carbocycles. The van der Waals surface area contributed by atoms with Gasteiger partial charge in [-0.1, -0.05) is 17.2 Å². The van der Waals surface area contributed by atoms with Crippen molar-refractivity contribution in [2.75, 3.05) is 19.0 Å². The molecule has 3 aromatic rings. The minimum absolute atomic E-state index is 0.0370. The molecule has 1 atom stereocenters. The van der Waals surface area contributed by atoms with E-state index in [-0.39, 0.29) is 22.2 Å². The number of benzene rings is 1. The maximum absolute atomic E-state index is 14.8. The zero-order valence-corrected chi connectivity index (χ0v) is 21.8. The van der Waals surface area contributed by atoms with Crippen LogP contribution < -0.4 is 14.8 Å². The van der Waals surface area contributed by atoms with E-state index in [0.29, 0.717) is 34.5 Å². The predicted octanol–water partition coefficient (Wildman–Crippen LogP) is 4.82. The van der Waals surface area contributed by atoms with Crippen molar-refractivity contribution in [1.82, 2.24) is 15.2 Å². The molecule has 0 saturated carbocycles. The van der Waals surface area contributed by atoms with Gasteiger partial charge in [-0.3, -0.25) is 20.1 Å². The summed E-state index contributed by atoms with van der Waals surface area (Å²) in [4.78, 5) is 21.7. The third-order valence-electron chi connectivity index (χ3n) is 5.72. The molecular formula is C26H28FN5O4S. The van der Waals surface area contributed by atoms with Gasteiger partial charge in [0, 0.05) is 29.6 Å². The molecule has 0 radical (unpaired) electrons. The van der Waals surface area contributed by atoms with Crippen LogP contribution in [0, 0.1) is 18.7 Å². The van der Waals surface area contributed by atoms with Crippen molar-refractivity contribution >= 4 is 28.6 Å². The number of nitrogens with zero attached hydrogens (tertiary/aromatic N) is 4. The number of halogens is 1. The number of carbonyl (C=O) groups is 1. The van der Waals surface area contributed by atoms with E-state index in [4.69, 9.17) is 9.47 Å². The summed E-state index contributed by atoms with van der Waals surface area (Å²) in [7, 11) is 1.44. The Balaban J connectivity index is 1.45. The molecule has 0 saturated heterocycles. The number of pyridine rings is 1. The number of carbonyl (C=O) groups excluding carboxylic acids is 1. The number of rotatable bonds is 8. The number of aliphatic hydroxyl groups is 1. The Kier molecular flexibility index (Phi) is 7.94. The fourth-order valence-electron chi connectivity index (χ4n) is 3.83. The number of aromatic nitrogens is 3. The molecule has 2 N–H and O–H groups in total. The highest BCUT2D eigenvalue weighted by Crippen LogP contribution is 2.35. The first-order chi connectivity index (χ1) is 17.7. The second-order valence-corrected chi connectivity index (χ2v) is 10.0. The molecule has 0 spiro atoms. The molecular weight excluding hydrogens is 497 g/mol. The number of aryl methyl sites for hydroxylation is 1. The van der Waals surface area contributed by atoms with Gasteiger partial charge in [-0.15, -0.1) is 5.10 Å². The van der Waals surface area contributed by atoms with E-state index in [1.165, 1.54) is 25.4 Å². The van der Waals surface area contributed by atoms with Crippen LogP contribution in [0.3, 0.4) is 0 Å². The van der Waals surface area contributed by atoms with Crippen LogP contribution in [0.15, 0.2) is 47.2 Å². The molecule has 3 heterocycles. The van der Waals surface area contributed by atoms with Gasteiger partial charge in [0.2, 0.25) is 5.13 Å². The second-order valence-electron chi connectivity index (χ2n) is 9.09. The summed E-state index contributed by atoms with van der Waals surface area (Å²) < 4.78 is 25.9. The van der Waals surface area contributed by atoms with E-state index >= 15 is 0 Å². The molecule has 1 aromatic carbocycles. The third-order valence-corrected chi connectivity index (χ3v) is 6.48. The number of ether oxygens (including phenoxy) is 2. The number of hydrogen-bond acceptors (Lipinski definition) is 9. The molecule has 4 rings (SSSR count). The topological polar surface area (TPSA) is 119 Å². The first-order valence-electron chi connectivity index (χ1n) is 11.7. The molecule has 9 nitrogen and oxygen atoms in total. The monoisotopic (exact) mass is 525 g/mol. The average Bonchev–Trinajstić information content (AvgIpc) is 3.14. The standard InChI is InChI=1S/C26H28FN5O4S/c1-15-11-17(22-19(27)8-6-9-20(22)35-4)18(13-28-15)23(33)30-24-31-32-25(37-24)36-14-16-7-5-10-21(29-12-16)26(2,3)34/h6,8-13,16,34H,5,7,14H2,1-4H3,(H,30,31,33). The largest absolute Gasteiger partial charge is 0.496 e. The molecule has 1 amide bonds. The number of anilines is 1. The van der Waals surface area contributed by atoms with Crippen molar-refractivity contribution in [2.24, 2.45) is 10.9 Å². The number of hydrogen-bond donors (Lipinski definition) is 2. The van der Waals surface area contributed by atoms with Crippen molar-refractivity contribution < 1.29 is 23.8 Å². The van der Waals surface area contributed by atoms with Crippen molar-refractivity contribution in [1.29, 1.82) is 0 Å². The van der Waals surface area contributed by atoms with Crippen molar-refractivity contribution in [3.63, 3.8) is 0 Å². The van der Waals surface area contributed by atoms with Crippen LogP contribution in [0.25, 0.3) is 11.1 Å². The Labute approximate surface area is 218 Å². The highest BCUT2D eigenvalue weighted by atomic mass is 32.1. The average molecular weight is 526 g/mol. The van der Waals surface area contributed by atoms with Gasteiger partial charge in [0.1, 0.15) is 17.2 Å². The van der Waals surface area contributed by atoms with Crippen molar-refractivity contribution in [2.45, 2.75) is 39.2 Å². The van der Waals surface area contributed by atoms with Crippen LogP contribution >= 0.6 is 11.3 Å². The van der Waals surface area contributed by atoms with Gasteiger partial charge >= 0.3 is 0 Å². The van der Waals surface area contributed by atoms with E-state index in [1.54, 1.807) is 39.1 Å². The van der Waals surface area contributed by atoms with Crippen LogP contribution in [-0.2, 0) is 0 Å². The van der Waals surface area contributed by atoms with Gasteiger partial charge in [0.15, 0.2) is 0 Å². The summed E-state index contributed by atoms with van der Waals surface area (Å²) in [6.45, 7) is 5.49. The first kappa shape index (κ1) is 26.4. The van der Waals surface area contributed by atoms with Crippen LogP contribution in [0.4, 0.5) is 9.52 Å². The van der Waals surface area contributed by atoms with Gasteiger partial charge in [-0.25, -0.2) is 4.39 Å². The Morgan fingerprint density at radius 3 is 2.89 bits per heavy atom. The fourth-order valence-corrected chi connectivity index (χ4v) is 4.43. The van der Waals surface area contributed by atoms with Gasteiger partial charge in [0.25, 0.3) is 11.1 Å². The van der Waals surface area contributed by atoms with E-state index in [0.717, 1.165) is 24.2 Å². The highest BCUT2D eigenvalue weighted by Gasteiger charge is 2.23. The zero-order valence-electron chi connectivity index (χ0n) is 21.0. The van der Waals surface area contributed by atoms with Crippen LogP contribution in [0.2, 0.25) is 0 Å². The maximum atomic E-state index is 14.8. The minimum atomic E-state index is -0.997. The lowest BCUT2D eigenvalue weighted by molar-refractivity contribution is 0.102. The maximum Gasteiger partial charge on any atom is 0.295 e. The molecule has 1 aliphatic rings. The van der Waals surface area contributed by atoms with Gasteiger partial charge < -0.3 is 14.6 Å². The molecule has 1 aliphatic heterocycles. The molecule has 0 bridgehead atoms. The van der Waals surface area contributed by atoms with Crippen LogP contribution in [0.5, 0.6) is 10.9 Å². The summed E-state index contributed by atoms with van der Waals surface area (Å²) in [5, 5.41) is 21.4. The summed E-state index contributed by atoms with van der Waals surface area (Å²) in [6, 6.07) is 6.11. The van der Waals surface area contributed by atoms with E-state index < -0.39 is 17.3 Å². The van der Waals surface area contributed by atoms with Crippen LogP contribution in [0.1, 0.15) is 42.7 Å². The number of allylic oxidation sites excluding steroid dienone is 1. The van der Waals surface area contributed by atoms with Crippen LogP contribution in [-0.4, -0.2) is 51.7 Å². The third kappa shape index (κ3) is 6.36. The fraction of sp³-hybridized carbons (Fsp3) is 0.346. The van der Waals surface area contributed by atoms with Gasteiger partial charge in [-0.2, -0.15) is 0 Å². The molecule has 194 valence electrons. The lowest BCUT2D eigenvalue weighted by atomic mass is 9.98. The summed E-state index contributed by atoms with van der Waals surface area (Å²) in [6.07, 6.45) is 6.69. The molecule has 11 heteroatoms. The van der Waals surface area contributed by atoms with Gasteiger partial charge in [-0.05, 0) is 63.1 Å². The van der Waals surface area contributed by atoms with Crippen molar-refractivity contribution in [3.05, 3.63) is 59.3 Å². The lowest BCUT2D eigenvalue weighted by Crippen LogP contribution is -2.20. The first-order valence-corrected chi connectivity index (χ1v) is 12.5. The highest BCUT2D eigenvalue weighted by molar-refractivity contribution is 7.17. The van der Waals surface area contributed by atoms with Gasteiger partial charge in [0.05, 0.1) is 30.5 Å². The number of amides is 1. The Morgan fingerprint density at radius 2 is 2.14 bits per heavy atom. The molecule has 0 fully saturated rings. The second kappa shape index (κ2) is 11.1. The van der Waals surface area contributed by atoms with E-state index in [9.17, 15) is 14.3 Å². The summed E-state index contributed by atoms with van der Waals surface area (Å²) in [5.74, 6) is -0.692. The van der Waals surface area contributed by atoms with Crippen molar-refractivity contribution in [3.8, 4) is 22.1 Å². The number of methoxy groups -OCH3 is 1. The molecule has 1 unspecified atom stereocenters. The quantitative estimate of drug-likeness (QED) is 0.433. The Bertz CT molecular complexity index is 1350. The molecule has 37 heavy (non-hydrogen) atoms. The summed E-state index contributed by atoms with van der Waals surface area (Å²) in [5.41, 5.74) is 0.950. The summed E-state index contributed by atoms with van der Waals surface area (Å²) >= 11 is 1.08. The molecule has 2 aromatic heterocycles. The number of nitrogens with one attached hydrogen (secondary N) is 1. The lowest BCUT2D eigenvalue weighted by Gasteiger charge is -2.17. The van der Waals surface area contributed by atoms with E-state index in [1.807, 2.05) is 6.08 Å². The SMILES string of the molecule is COc1cccc(F)c1-c1cc(C)ncc1C(=O)Nc1nnc(OCC2C=NC(C(C)(C)O)=CCC2)s1. The normalized spacial score (nSPS) is 15.6. The smallest absolute Gasteiger partial charge is 0.295 e. The Hall–Kier alpha value is -3.70. The minimum Gasteiger partial charge on any atom is -0.496 e. The van der Waals surface area contributed by atoms with E-state index in [2.05, 4.69) is 25.5 Å². The number of aliphatic imine (C=N–C) groups is 1. The zero-order chi connectivity index (χ0) is 26.6.